The van der Waals surface area contributed by atoms with Crippen molar-refractivity contribution < 1.29 is 0 Å². The molecule has 0 saturated carbocycles. The molecule has 0 fully saturated rings. The van der Waals surface area contributed by atoms with E-state index in [1.165, 1.54) is 5.57 Å². The van der Waals surface area contributed by atoms with E-state index in [4.69, 9.17) is 0 Å². The Kier molecular flexibility index (Phi) is 7.38. The third-order valence-corrected chi connectivity index (χ3v) is 3.03. The van der Waals surface area contributed by atoms with Gasteiger partial charge in [-0.25, -0.2) is 0 Å². The third kappa shape index (κ3) is 6.50. The summed E-state index contributed by atoms with van der Waals surface area (Å²) in [5.74, 6) is 0. The molecule has 0 aliphatic heterocycles. The Bertz CT molecular complexity index is 387. The molecule has 3 nitrogen and oxygen atoms in total. The van der Waals surface area contributed by atoms with E-state index in [-0.39, 0.29) is 0 Å². The number of hydrogen-bond acceptors (Lipinski definition) is 3. The van der Waals surface area contributed by atoms with E-state index in [9.17, 15) is 0 Å². The second kappa shape index (κ2) is 8.83. The summed E-state index contributed by atoms with van der Waals surface area (Å²) in [6.45, 7) is 15.4. The van der Waals surface area contributed by atoms with Gasteiger partial charge in [-0.2, -0.15) is 0 Å². The van der Waals surface area contributed by atoms with Crippen LogP contribution in [0.5, 0.6) is 0 Å². The summed E-state index contributed by atoms with van der Waals surface area (Å²) >= 11 is 0. The Morgan fingerprint density at radius 2 is 2.16 bits per heavy atom. The van der Waals surface area contributed by atoms with Gasteiger partial charge < -0.3 is 5.32 Å². The molecule has 1 N–H and O–H groups in total. The molecular formula is C16H27N3. The standard InChI is InChI=1S/C16H27N3/c1-5-10-17-11-14(3)12-19(6-2)13-16-9-7-8-15(4)18-16/h7-9,17H,3,5-6,10-13H2,1-2,4H3. The van der Waals surface area contributed by atoms with Crippen LogP contribution in [0.15, 0.2) is 30.4 Å². The van der Waals surface area contributed by atoms with Gasteiger partial charge in [-0.05, 0) is 44.1 Å². The molecule has 0 aliphatic carbocycles. The van der Waals surface area contributed by atoms with Gasteiger partial charge in [0.1, 0.15) is 0 Å². The van der Waals surface area contributed by atoms with Gasteiger partial charge in [-0.1, -0.05) is 26.5 Å². The van der Waals surface area contributed by atoms with Crippen molar-refractivity contribution >= 4 is 0 Å². The average molecular weight is 261 g/mol. The van der Waals surface area contributed by atoms with Crippen molar-refractivity contribution in [2.75, 3.05) is 26.2 Å². The molecule has 106 valence electrons. The van der Waals surface area contributed by atoms with Gasteiger partial charge in [0.05, 0.1) is 5.69 Å². The van der Waals surface area contributed by atoms with E-state index < -0.39 is 0 Å². The average Bonchev–Trinajstić information content (AvgIpc) is 2.38. The molecule has 0 bridgehead atoms. The van der Waals surface area contributed by atoms with Gasteiger partial charge in [0.15, 0.2) is 0 Å². The molecule has 0 aliphatic rings. The van der Waals surface area contributed by atoms with E-state index in [1.807, 2.05) is 13.0 Å². The fourth-order valence-corrected chi connectivity index (χ4v) is 2.01. The lowest BCUT2D eigenvalue weighted by atomic mass is 10.2. The highest BCUT2D eigenvalue weighted by Gasteiger charge is 2.06. The number of aryl methyl sites for hydroxylation is 1. The lowest BCUT2D eigenvalue weighted by Gasteiger charge is -2.21. The number of nitrogens with zero attached hydrogens (tertiary/aromatic N) is 2. The molecule has 1 heterocycles. The highest BCUT2D eigenvalue weighted by atomic mass is 15.1. The van der Waals surface area contributed by atoms with Gasteiger partial charge in [-0.3, -0.25) is 9.88 Å². The molecule has 0 saturated heterocycles. The minimum atomic E-state index is 0.894. The predicted molar refractivity (Wildman–Crippen MR) is 82.2 cm³/mol. The summed E-state index contributed by atoms with van der Waals surface area (Å²) in [5, 5.41) is 3.40. The maximum Gasteiger partial charge on any atom is 0.0547 e. The lowest BCUT2D eigenvalue weighted by molar-refractivity contribution is 0.298. The van der Waals surface area contributed by atoms with Crippen LogP contribution in [0.1, 0.15) is 31.7 Å². The van der Waals surface area contributed by atoms with Crippen LogP contribution in [0, 0.1) is 6.92 Å². The topological polar surface area (TPSA) is 28.2 Å². The maximum atomic E-state index is 4.56. The number of pyridine rings is 1. The predicted octanol–water partition coefficient (Wildman–Crippen LogP) is 2.77. The first-order valence-corrected chi connectivity index (χ1v) is 7.18. The molecule has 0 unspecified atom stereocenters. The van der Waals surface area contributed by atoms with Crippen LogP contribution in [0.25, 0.3) is 0 Å². The highest BCUT2D eigenvalue weighted by molar-refractivity contribution is 5.10. The van der Waals surface area contributed by atoms with Crippen molar-refractivity contribution in [2.24, 2.45) is 0 Å². The quantitative estimate of drug-likeness (QED) is 0.547. The fraction of sp³-hybridized carbons (Fsp3) is 0.562. The van der Waals surface area contributed by atoms with Crippen molar-refractivity contribution in [2.45, 2.75) is 33.7 Å². The maximum absolute atomic E-state index is 4.56. The first kappa shape index (κ1) is 15.9. The van der Waals surface area contributed by atoms with Crippen molar-refractivity contribution in [1.29, 1.82) is 0 Å². The van der Waals surface area contributed by atoms with Crippen molar-refractivity contribution in [1.82, 2.24) is 15.2 Å². The summed E-state index contributed by atoms with van der Waals surface area (Å²) in [6, 6.07) is 6.20. The molecule has 0 aromatic carbocycles. The summed E-state index contributed by atoms with van der Waals surface area (Å²) < 4.78 is 0. The van der Waals surface area contributed by atoms with Gasteiger partial charge in [0.25, 0.3) is 0 Å². The van der Waals surface area contributed by atoms with Crippen LogP contribution in [-0.4, -0.2) is 36.1 Å². The number of hydrogen-bond donors (Lipinski definition) is 1. The number of rotatable bonds is 9. The van der Waals surface area contributed by atoms with Crippen LogP contribution >= 0.6 is 0 Å². The van der Waals surface area contributed by atoms with Crippen LogP contribution in [0.3, 0.4) is 0 Å². The lowest BCUT2D eigenvalue weighted by Crippen LogP contribution is -2.29. The molecule has 1 aromatic heterocycles. The molecule has 0 atom stereocenters. The van der Waals surface area contributed by atoms with Gasteiger partial charge >= 0.3 is 0 Å². The van der Waals surface area contributed by atoms with E-state index in [1.54, 1.807) is 0 Å². The Balaban J connectivity index is 2.43. The molecule has 0 radical (unpaired) electrons. The fourth-order valence-electron chi connectivity index (χ4n) is 2.01. The Morgan fingerprint density at radius 1 is 1.37 bits per heavy atom. The SMILES string of the molecule is C=C(CNCCC)CN(CC)Cc1cccc(C)n1. The Morgan fingerprint density at radius 3 is 2.79 bits per heavy atom. The van der Waals surface area contributed by atoms with Gasteiger partial charge in [0, 0.05) is 25.3 Å². The minimum absolute atomic E-state index is 0.894. The zero-order chi connectivity index (χ0) is 14.1. The highest BCUT2D eigenvalue weighted by Crippen LogP contribution is 2.05. The number of nitrogens with one attached hydrogen (secondary N) is 1. The smallest absolute Gasteiger partial charge is 0.0547 e. The molecule has 3 heteroatoms. The Hall–Kier alpha value is -1.19. The van der Waals surface area contributed by atoms with Crippen LogP contribution in [-0.2, 0) is 6.54 Å². The molecule has 1 rings (SSSR count). The monoisotopic (exact) mass is 261 g/mol. The third-order valence-electron chi connectivity index (χ3n) is 3.03. The van der Waals surface area contributed by atoms with E-state index in [0.717, 1.165) is 50.5 Å². The van der Waals surface area contributed by atoms with E-state index in [2.05, 4.69) is 47.8 Å². The molecule has 19 heavy (non-hydrogen) atoms. The summed E-state index contributed by atoms with van der Waals surface area (Å²) in [6.07, 6.45) is 1.16. The second-order valence-corrected chi connectivity index (χ2v) is 5.00. The zero-order valence-electron chi connectivity index (χ0n) is 12.6. The zero-order valence-corrected chi connectivity index (χ0v) is 12.6. The van der Waals surface area contributed by atoms with Crippen LogP contribution in [0.2, 0.25) is 0 Å². The normalized spacial score (nSPS) is 10.9. The molecule has 0 spiro atoms. The number of likely N-dealkylation sites (N-methyl/N-ethyl adjacent to an activating group) is 1. The van der Waals surface area contributed by atoms with Crippen molar-refractivity contribution in [3.63, 3.8) is 0 Å². The van der Waals surface area contributed by atoms with E-state index >= 15 is 0 Å². The number of aromatic nitrogens is 1. The molecular weight excluding hydrogens is 234 g/mol. The molecule has 1 aromatic rings. The van der Waals surface area contributed by atoms with Crippen molar-refractivity contribution in [3.8, 4) is 0 Å². The van der Waals surface area contributed by atoms with Crippen molar-refractivity contribution in [3.05, 3.63) is 41.7 Å². The summed E-state index contributed by atoms with van der Waals surface area (Å²) in [7, 11) is 0. The van der Waals surface area contributed by atoms with Crippen LogP contribution < -0.4 is 5.32 Å². The summed E-state index contributed by atoms with van der Waals surface area (Å²) in [4.78, 5) is 6.93. The van der Waals surface area contributed by atoms with E-state index in [0.29, 0.717) is 0 Å². The van der Waals surface area contributed by atoms with Crippen LogP contribution in [0.4, 0.5) is 0 Å². The minimum Gasteiger partial charge on any atom is -0.313 e. The first-order valence-electron chi connectivity index (χ1n) is 7.18. The summed E-state index contributed by atoms with van der Waals surface area (Å²) in [5.41, 5.74) is 3.45. The van der Waals surface area contributed by atoms with Gasteiger partial charge in [0.2, 0.25) is 0 Å². The first-order chi connectivity index (χ1) is 9.15. The van der Waals surface area contributed by atoms with Gasteiger partial charge in [-0.15, -0.1) is 0 Å². The second-order valence-electron chi connectivity index (χ2n) is 5.00. The molecule has 0 amide bonds. The Labute approximate surface area is 117 Å². The largest absolute Gasteiger partial charge is 0.313 e.